The lowest BCUT2D eigenvalue weighted by molar-refractivity contribution is -0.384. The van der Waals surface area contributed by atoms with Crippen molar-refractivity contribution in [2.45, 2.75) is 24.8 Å². The molecular formula is C12H20N4O4S. The average Bonchev–Trinajstić information content (AvgIpc) is 2.25. The largest absolute Gasteiger partial charge is 0.393 e. The molecule has 1 rings (SSSR count). The van der Waals surface area contributed by atoms with Crippen molar-refractivity contribution in [2.75, 3.05) is 26.4 Å². The number of likely N-dealkylation sites (N-methyl/N-ethyl adjacent to an activating group) is 1. The van der Waals surface area contributed by atoms with Gasteiger partial charge in [0, 0.05) is 18.7 Å². The number of nitrogens with one attached hydrogen (secondary N) is 1. The molecule has 1 aromatic rings. The summed E-state index contributed by atoms with van der Waals surface area (Å²) in [6.07, 6.45) is 0. The van der Waals surface area contributed by atoms with Crippen LogP contribution in [-0.2, 0) is 10.0 Å². The normalized spacial score (nSPS) is 13.4. The molecule has 1 atom stereocenters. The molecule has 0 aliphatic carbocycles. The van der Waals surface area contributed by atoms with E-state index < -0.39 is 20.6 Å². The van der Waals surface area contributed by atoms with Crippen LogP contribution < -0.4 is 10.5 Å². The van der Waals surface area contributed by atoms with Gasteiger partial charge in [0.15, 0.2) is 0 Å². The molecule has 8 nitrogen and oxygen atoms in total. The van der Waals surface area contributed by atoms with Gasteiger partial charge in [0.05, 0.1) is 9.82 Å². The number of aryl methyl sites for hydroxylation is 1. The number of nitro benzene ring substituents is 1. The first-order valence-corrected chi connectivity index (χ1v) is 7.74. The summed E-state index contributed by atoms with van der Waals surface area (Å²) in [5.74, 6) is 0. The van der Waals surface area contributed by atoms with E-state index in [1.165, 1.54) is 6.07 Å². The summed E-state index contributed by atoms with van der Waals surface area (Å²) in [5.41, 5.74) is 5.43. The van der Waals surface area contributed by atoms with Gasteiger partial charge in [0.1, 0.15) is 5.69 Å². The van der Waals surface area contributed by atoms with Gasteiger partial charge >= 0.3 is 0 Å². The van der Waals surface area contributed by atoms with E-state index in [1.54, 1.807) is 13.8 Å². The number of benzene rings is 1. The minimum Gasteiger partial charge on any atom is -0.393 e. The number of sulfonamides is 1. The maximum atomic E-state index is 12.3. The molecular weight excluding hydrogens is 296 g/mol. The first-order valence-electron chi connectivity index (χ1n) is 6.26. The van der Waals surface area contributed by atoms with Gasteiger partial charge in [-0.1, -0.05) is 0 Å². The third-order valence-electron chi connectivity index (χ3n) is 2.81. The van der Waals surface area contributed by atoms with E-state index >= 15 is 0 Å². The first-order chi connectivity index (χ1) is 9.54. The molecule has 21 heavy (non-hydrogen) atoms. The van der Waals surface area contributed by atoms with Crippen molar-refractivity contribution in [3.63, 3.8) is 0 Å². The molecule has 1 unspecified atom stereocenters. The summed E-state index contributed by atoms with van der Waals surface area (Å²) < 4.78 is 27.2. The molecule has 0 amide bonds. The van der Waals surface area contributed by atoms with Crippen molar-refractivity contribution < 1.29 is 13.3 Å². The van der Waals surface area contributed by atoms with Crippen molar-refractivity contribution in [2.24, 2.45) is 0 Å². The van der Waals surface area contributed by atoms with E-state index in [-0.39, 0.29) is 16.6 Å². The van der Waals surface area contributed by atoms with Crippen LogP contribution in [0.5, 0.6) is 0 Å². The van der Waals surface area contributed by atoms with Crippen LogP contribution in [0, 0.1) is 17.0 Å². The van der Waals surface area contributed by atoms with E-state index in [2.05, 4.69) is 4.72 Å². The van der Waals surface area contributed by atoms with Crippen LogP contribution in [0.1, 0.15) is 12.5 Å². The Morgan fingerprint density at radius 3 is 2.48 bits per heavy atom. The van der Waals surface area contributed by atoms with Crippen LogP contribution in [0.15, 0.2) is 17.0 Å². The molecule has 0 heterocycles. The number of anilines is 1. The molecule has 118 valence electrons. The van der Waals surface area contributed by atoms with Gasteiger partial charge in [-0.05, 0) is 39.6 Å². The second kappa shape index (κ2) is 6.37. The van der Waals surface area contributed by atoms with E-state index in [4.69, 9.17) is 5.73 Å². The summed E-state index contributed by atoms with van der Waals surface area (Å²) in [7, 11) is -0.198. The molecule has 0 saturated carbocycles. The quantitative estimate of drug-likeness (QED) is 0.453. The summed E-state index contributed by atoms with van der Waals surface area (Å²) in [5, 5.41) is 10.9. The predicted octanol–water partition coefficient (Wildman–Crippen LogP) is 0.714. The summed E-state index contributed by atoms with van der Waals surface area (Å²) in [6.45, 7) is 3.78. The number of hydrogen-bond donors (Lipinski definition) is 2. The van der Waals surface area contributed by atoms with Crippen LogP contribution in [-0.4, -0.2) is 44.9 Å². The molecule has 0 radical (unpaired) electrons. The highest BCUT2D eigenvalue weighted by molar-refractivity contribution is 7.89. The number of nitro groups is 1. The molecule has 0 fully saturated rings. The lowest BCUT2D eigenvalue weighted by Crippen LogP contribution is -2.39. The molecule has 3 N–H and O–H groups in total. The Morgan fingerprint density at radius 1 is 1.43 bits per heavy atom. The fourth-order valence-corrected chi connectivity index (χ4v) is 3.54. The monoisotopic (exact) mass is 316 g/mol. The highest BCUT2D eigenvalue weighted by atomic mass is 32.2. The second-order valence-corrected chi connectivity index (χ2v) is 6.90. The van der Waals surface area contributed by atoms with E-state index in [0.717, 1.165) is 6.07 Å². The summed E-state index contributed by atoms with van der Waals surface area (Å²) >= 11 is 0. The minimum atomic E-state index is -3.85. The third-order valence-corrected chi connectivity index (χ3v) is 4.54. The molecule has 9 heteroatoms. The SMILES string of the molecule is Cc1cc(N)c([N+](=O)[O-])cc1S(=O)(=O)NC(C)CN(C)C. The van der Waals surface area contributed by atoms with E-state index in [1.807, 2.05) is 19.0 Å². The Hall–Kier alpha value is -1.71. The Bertz CT molecular complexity index is 643. The van der Waals surface area contributed by atoms with Gasteiger partial charge in [-0.25, -0.2) is 13.1 Å². The van der Waals surface area contributed by atoms with Gasteiger partial charge in [-0.2, -0.15) is 0 Å². The zero-order chi connectivity index (χ0) is 16.4. The fraction of sp³-hybridized carbons (Fsp3) is 0.500. The maximum Gasteiger partial charge on any atom is 0.293 e. The molecule has 1 aromatic carbocycles. The van der Waals surface area contributed by atoms with E-state index in [0.29, 0.717) is 12.1 Å². The first kappa shape index (κ1) is 17.3. The zero-order valence-corrected chi connectivity index (χ0v) is 13.3. The number of hydrogen-bond acceptors (Lipinski definition) is 6. The molecule has 0 spiro atoms. The van der Waals surface area contributed by atoms with Crippen molar-refractivity contribution in [3.05, 3.63) is 27.8 Å². The molecule has 0 aliphatic rings. The smallest absolute Gasteiger partial charge is 0.293 e. The lowest BCUT2D eigenvalue weighted by Gasteiger charge is -2.19. The minimum absolute atomic E-state index is 0.0576. The summed E-state index contributed by atoms with van der Waals surface area (Å²) in [6, 6.07) is 1.96. The van der Waals surface area contributed by atoms with Gasteiger partial charge in [-0.15, -0.1) is 0 Å². The molecule has 0 aromatic heterocycles. The Balaban J connectivity index is 3.19. The maximum absolute atomic E-state index is 12.3. The lowest BCUT2D eigenvalue weighted by atomic mass is 10.2. The summed E-state index contributed by atoms with van der Waals surface area (Å²) in [4.78, 5) is 11.9. The van der Waals surface area contributed by atoms with Gasteiger partial charge in [0.25, 0.3) is 5.69 Å². The topological polar surface area (TPSA) is 119 Å². The zero-order valence-electron chi connectivity index (χ0n) is 12.5. The van der Waals surface area contributed by atoms with Crippen LogP contribution in [0.25, 0.3) is 0 Å². The van der Waals surface area contributed by atoms with Crippen molar-refractivity contribution in [3.8, 4) is 0 Å². The van der Waals surface area contributed by atoms with Gasteiger partial charge < -0.3 is 10.6 Å². The molecule has 0 bridgehead atoms. The van der Waals surface area contributed by atoms with Crippen LogP contribution in [0.4, 0.5) is 11.4 Å². The fourth-order valence-electron chi connectivity index (χ4n) is 2.06. The van der Waals surface area contributed by atoms with Crippen LogP contribution >= 0.6 is 0 Å². The Morgan fingerprint density at radius 2 is 2.00 bits per heavy atom. The number of nitrogen functional groups attached to an aromatic ring is 1. The number of rotatable bonds is 6. The van der Waals surface area contributed by atoms with Crippen molar-refractivity contribution in [1.82, 2.24) is 9.62 Å². The predicted molar refractivity (Wildman–Crippen MR) is 80.6 cm³/mol. The van der Waals surface area contributed by atoms with Gasteiger partial charge in [0.2, 0.25) is 10.0 Å². The highest BCUT2D eigenvalue weighted by Crippen LogP contribution is 2.28. The van der Waals surface area contributed by atoms with Crippen molar-refractivity contribution >= 4 is 21.4 Å². The Kier molecular flexibility index (Phi) is 5.26. The molecule has 0 aliphatic heterocycles. The van der Waals surface area contributed by atoms with Crippen LogP contribution in [0.3, 0.4) is 0 Å². The average molecular weight is 316 g/mol. The van der Waals surface area contributed by atoms with Crippen molar-refractivity contribution in [1.29, 1.82) is 0 Å². The number of nitrogens with two attached hydrogens (primary N) is 1. The number of nitrogens with zero attached hydrogens (tertiary/aromatic N) is 2. The highest BCUT2D eigenvalue weighted by Gasteiger charge is 2.24. The van der Waals surface area contributed by atoms with E-state index in [9.17, 15) is 18.5 Å². The molecule has 0 saturated heterocycles. The standard InChI is InChI=1S/C12H20N4O4S/c1-8-5-10(13)11(16(17)18)6-12(8)21(19,20)14-9(2)7-15(3)4/h5-6,9,14H,7,13H2,1-4H3. The third kappa shape index (κ3) is 4.38. The van der Waals surface area contributed by atoms with Gasteiger partial charge in [-0.3, -0.25) is 10.1 Å². The van der Waals surface area contributed by atoms with Crippen LogP contribution in [0.2, 0.25) is 0 Å². The second-order valence-electron chi connectivity index (χ2n) is 5.22. The Labute approximate surface area is 124 Å².